The molecule has 96 valence electrons. The van der Waals surface area contributed by atoms with Crippen molar-refractivity contribution < 1.29 is 9.18 Å². The number of rotatable bonds is 3. The summed E-state index contributed by atoms with van der Waals surface area (Å²) in [5.41, 5.74) is 3.08. The van der Waals surface area contributed by atoms with Crippen LogP contribution in [0.5, 0.6) is 0 Å². The third-order valence-corrected chi connectivity index (χ3v) is 2.90. The van der Waals surface area contributed by atoms with Gasteiger partial charge >= 0.3 is 0 Å². The Hall–Kier alpha value is -2.01. The zero-order valence-corrected chi connectivity index (χ0v) is 11.4. The van der Waals surface area contributed by atoms with E-state index in [0.29, 0.717) is 0 Å². The summed E-state index contributed by atoms with van der Waals surface area (Å²) in [4.78, 5) is 11.6. The number of nitrogens with zero attached hydrogens (tertiary/aromatic N) is 1. The van der Waals surface area contributed by atoms with Gasteiger partial charge in [0.25, 0.3) is 5.91 Å². The van der Waals surface area contributed by atoms with Crippen molar-refractivity contribution in [1.29, 1.82) is 0 Å². The fourth-order valence-corrected chi connectivity index (χ4v) is 1.68. The maximum absolute atomic E-state index is 13.3. The number of hydrogen-bond donors (Lipinski definition) is 1. The van der Waals surface area contributed by atoms with Crippen LogP contribution in [-0.2, 0) is 0 Å². The fourth-order valence-electron chi connectivity index (χ4n) is 1.42. The normalized spacial score (nSPS) is 10.6. The third-order valence-electron chi connectivity index (χ3n) is 2.37. The monoisotopic (exact) mass is 320 g/mol. The second kappa shape index (κ2) is 6.24. The van der Waals surface area contributed by atoms with Crippen molar-refractivity contribution in [3.8, 4) is 0 Å². The molecule has 2 rings (SSSR count). The van der Waals surface area contributed by atoms with Crippen LogP contribution < -0.4 is 5.43 Å². The van der Waals surface area contributed by atoms with Gasteiger partial charge in [-0.05, 0) is 29.8 Å². The first-order chi connectivity index (χ1) is 9.16. The molecule has 2 aromatic rings. The Labute approximate surface area is 118 Å². The highest BCUT2D eigenvalue weighted by atomic mass is 79.9. The van der Waals surface area contributed by atoms with E-state index in [-0.39, 0.29) is 5.56 Å². The Morgan fingerprint density at radius 2 is 1.84 bits per heavy atom. The Kier molecular flexibility index (Phi) is 4.41. The summed E-state index contributed by atoms with van der Waals surface area (Å²) >= 11 is 3.32. The van der Waals surface area contributed by atoms with Gasteiger partial charge in [0.15, 0.2) is 0 Å². The van der Waals surface area contributed by atoms with E-state index in [1.54, 1.807) is 6.07 Å². The molecule has 0 saturated heterocycles. The van der Waals surface area contributed by atoms with Crippen LogP contribution in [0, 0.1) is 5.82 Å². The van der Waals surface area contributed by atoms with Gasteiger partial charge in [-0.3, -0.25) is 4.79 Å². The van der Waals surface area contributed by atoms with Crippen molar-refractivity contribution in [2.24, 2.45) is 5.10 Å². The van der Waals surface area contributed by atoms with Crippen molar-refractivity contribution in [3.05, 3.63) is 69.9 Å². The van der Waals surface area contributed by atoms with E-state index in [4.69, 9.17) is 0 Å². The third kappa shape index (κ3) is 3.72. The Balaban J connectivity index is 2.01. The van der Waals surface area contributed by atoms with Gasteiger partial charge in [-0.2, -0.15) is 5.10 Å². The van der Waals surface area contributed by atoms with Crippen molar-refractivity contribution in [2.75, 3.05) is 0 Å². The van der Waals surface area contributed by atoms with Crippen LogP contribution in [0.25, 0.3) is 0 Å². The van der Waals surface area contributed by atoms with Gasteiger partial charge in [0.05, 0.1) is 11.8 Å². The second-order valence-corrected chi connectivity index (χ2v) is 4.65. The van der Waals surface area contributed by atoms with Crippen LogP contribution in [0.15, 0.2) is 58.1 Å². The predicted octanol–water partition coefficient (Wildman–Crippen LogP) is 3.35. The first kappa shape index (κ1) is 13.4. The molecule has 0 aliphatic carbocycles. The number of hydrogen-bond acceptors (Lipinski definition) is 2. The van der Waals surface area contributed by atoms with E-state index in [0.717, 1.165) is 10.0 Å². The lowest BCUT2D eigenvalue weighted by Gasteiger charge is -2.00. The Bertz CT molecular complexity index is 611. The molecule has 0 aliphatic heterocycles. The minimum Gasteiger partial charge on any atom is -0.267 e. The van der Waals surface area contributed by atoms with E-state index < -0.39 is 11.7 Å². The van der Waals surface area contributed by atoms with Gasteiger partial charge in [0.2, 0.25) is 0 Å². The maximum Gasteiger partial charge on any atom is 0.274 e. The molecule has 1 N–H and O–H groups in total. The minimum absolute atomic E-state index is 0.0320. The average molecular weight is 321 g/mol. The SMILES string of the molecule is O=C(N/N=C\c1ccc(Br)cc1)c1ccccc1F. The molecular formula is C14H10BrFN2O. The zero-order chi connectivity index (χ0) is 13.7. The molecular weight excluding hydrogens is 311 g/mol. The largest absolute Gasteiger partial charge is 0.274 e. The molecule has 0 unspecified atom stereocenters. The van der Waals surface area contributed by atoms with Crippen molar-refractivity contribution in [3.63, 3.8) is 0 Å². The average Bonchev–Trinajstić information content (AvgIpc) is 2.41. The molecule has 0 fully saturated rings. The lowest BCUT2D eigenvalue weighted by Crippen LogP contribution is -2.18. The van der Waals surface area contributed by atoms with Gasteiger partial charge < -0.3 is 0 Å². The molecule has 0 radical (unpaired) electrons. The number of benzene rings is 2. The van der Waals surface area contributed by atoms with E-state index in [9.17, 15) is 9.18 Å². The Morgan fingerprint density at radius 1 is 1.16 bits per heavy atom. The number of carbonyl (C=O) groups is 1. The molecule has 0 atom stereocenters. The van der Waals surface area contributed by atoms with E-state index in [2.05, 4.69) is 26.5 Å². The van der Waals surface area contributed by atoms with Crippen LogP contribution >= 0.6 is 15.9 Å². The molecule has 5 heteroatoms. The number of amides is 1. The topological polar surface area (TPSA) is 41.5 Å². The van der Waals surface area contributed by atoms with Gasteiger partial charge in [-0.15, -0.1) is 0 Å². The lowest BCUT2D eigenvalue weighted by atomic mass is 10.2. The van der Waals surface area contributed by atoms with Gasteiger partial charge in [0, 0.05) is 4.47 Å². The molecule has 2 aromatic carbocycles. The summed E-state index contributed by atoms with van der Waals surface area (Å²) in [6, 6.07) is 13.1. The smallest absolute Gasteiger partial charge is 0.267 e. The molecule has 0 heterocycles. The minimum atomic E-state index is -0.577. The summed E-state index contributed by atoms with van der Waals surface area (Å²) < 4.78 is 14.3. The summed E-state index contributed by atoms with van der Waals surface area (Å²) in [6.45, 7) is 0. The number of halogens is 2. The molecule has 0 aromatic heterocycles. The van der Waals surface area contributed by atoms with Crippen LogP contribution in [0.4, 0.5) is 4.39 Å². The van der Waals surface area contributed by atoms with E-state index >= 15 is 0 Å². The standard InChI is InChI=1S/C14H10BrFN2O/c15-11-7-5-10(6-8-11)9-17-18-14(19)12-3-1-2-4-13(12)16/h1-9H,(H,18,19)/b17-9-. The highest BCUT2D eigenvalue weighted by Crippen LogP contribution is 2.09. The quantitative estimate of drug-likeness (QED) is 0.684. The van der Waals surface area contributed by atoms with Crippen LogP contribution in [0.3, 0.4) is 0 Å². The number of carbonyl (C=O) groups excluding carboxylic acids is 1. The first-order valence-electron chi connectivity index (χ1n) is 5.50. The summed E-state index contributed by atoms with van der Waals surface area (Å²) in [6.07, 6.45) is 1.49. The molecule has 0 aliphatic rings. The number of nitrogens with one attached hydrogen (secondary N) is 1. The van der Waals surface area contributed by atoms with Crippen molar-refractivity contribution in [1.82, 2.24) is 5.43 Å². The molecule has 0 spiro atoms. The highest BCUT2D eigenvalue weighted by Gasteiger charge is 2.08. The van der Waals surface area contributed by atoms with Crippen LogP contribution in [0.1, 0.15) is 15.9 Å². The van der Waals surface area contributed by atoms with Gasteiger partial charge in [0.1, 0.15) is 5.82 Å². The van der Waals surface area contributed by atoms with Gasteiger partial charge in [-0.25, -0.2) is 9.82 Å². The molecule has 3 nitrogen and oxygen atoms in total. The molecule has 0 saturated carbocycles. The molecule has 19 heavy (non-hydrogen) atoms. The number of hydrazone groups is 1. The maximum atomic E-state index is 13.3. The first-order valence-corrected chi connectivity index (χ1v) is 6.29. The van der Waals surface area contributed by atoms with Crippen LogP contribution in [-0.4, -0.2) is 12.1 Å². The summed E-state index contributed by atoms with van der Waals surface area (Å²) in [7, 11) is 0. The molecule has 1 amide bonds. The predicted molar refractivity (Wildman–Crippen MR) is 75.6 cm³/mol. The highest BCUT2D eigenvalue weighted by molar-refractivity contribution is 9.10. The summed E-state index contributed by atoms with van der Waals surface area (Å²) in [5.74, 6) is -1.15. The second-order valence-electron chi connectivity index (χ2n) is 3.73. The zero-order valence-electron chi connectivity index (χ0n) is 9.81. The Morgan fingerprint density at radius 3 is 2.53 bits per heavy atom. The van der Waals surface area contributed by atoms with E-state index in [1.165, 1.54) is 24.4 Å². The fraction of sp³-hybridized carbons (Fsp3) is 0. The lowest BCUT2D eigenvalue weighted by molar-refractivity contribution is 0.0951. The van der Waals surface area contributed by atoms with Gasteiger partial charge in [-0.1, -0.05) is 40.2 Å². The summed E-state index contributed by atoms with van der Waals surface area (Å²) in [5, 5.41) is 3.78. The van der Waals surface area contributed by atoms with Crippen molar-refractivity contribution >= 4 is 28.1 Å². The van der Waals surface area contributed by atoms with Crippen LogP contribution in [0.2, 0.25) is 0 Å². The molecule has 0 bridgehead atoms. The van der Waals surface area contributed by atoms with E-state index in [1.807, 2.05) is 24.3 Å². The van der Waals surface area contributed by atoms with Crippen molar-refractivity contribution in [2.45, 2.75) is 0 Å².